The number of hydrogen-bond acceptors (Lipinski definition) is 1. The monoisotopic (exact) mass is 209 g/mol. The maximum atomic E-state index is 3.74. The fraction of sp³-hybridized carbons (Fsp3) is 1.00. The van der Waals surface area contributed by atoms with Crippen LogP contribution in [0.5, 0.6) is 0 Å². The van der Waals surface area contributed by atoms with Crippen LogP contribution in [0.25, 0.3) is 0 Å². The van der Waals surface area contributed by atoms with Crippen LogP contribution in [0, 0.1) is 17.8 Å². The van der Waals surface area contributed by atoms with E-state index in [4.69, 9.17) is 0 Å². The molecule has 0 spiro atoms. The maximum absolute atomic E-state index is 3.74. The second-order valence-corrected chi connectivity index (χ2v) is 6.13. The zero-order valence-electron chi connectivity index (χ0n) is 10.5. The first-order valence-corrected chi connectivity index (χ1v) is 6.97. The Morgan fingerprint density at radius 1 is 1.13 bits per heavy atom. The third-order valence-electron chi connectivity index (χ3n) is 4.18. The molecule has 0 amide bonds. The zero-order chi connectivity index (χ0) is 10.7. The van der Waals surface area contributed by atoms with Crippen molar-refractivity contribution in [3.05, 3.63) is 0 Å². The molecule has 15 heavy (non-hydrogen) atoms. The van der Waals surface area contributed by atoms with Crippen LogP contribution in [0.4, 0.5) is 0 Å². The lowest BCUT2D eigenvalue weighted by atomic mass is 9.82. The summed E-state index contributed by atoms with van der Waals surface area (Å²) < 4.78 is 0. The molecule has 1 heteroatoms. The van der Waals surface area contributed by atoms with Gasteiger partial charge in [-0.05, 0) is 50.5 Å². The SMILES string of the molecule is CC1CCCC(CNC(C)CC2CC2)C1. The van der Waals surface area contributed by atoms with Crippen LogP contribution in [0.2, 0.25) is 0 Å². The number of hydrogen-bond donors (Lipinski definition) is 1. The smallest absolute Gasteiger partial charge is 0.00414 e. The van der Waals surface area contributed by atoms with Gasteiger partial charge in [0.2, 0.25) is 0 Å². The Labute approximate surface area is 95.0 Å². The summed E-state index contributed by atoms with van der Waals surface area (Å²) in [7, 11) is 0. The van der Waals surface area contributed by atoms with Gasteiger partial charge >= 0.3 is 0 Å². The molecule has 2 aliphatic rings. The summed E-state index contributed by atoms with van der Waals surface area (Å²) in [6.45, 7) is 6.06. The molecule has 0 aromatic rings. The summed E-state index contributed by atoms with van der Waals surface area (Å²) in [6.07, 6.45) is 10.3. The molecule has 0 aliphatic heterocycles. The minimum Gasteiger partial charge on any atom is -0.314 e. The predicted octanol–water partition coefficient (Wildman–Crippen LogP) is 3.59. The average molecular weight is 209 g/mol. The molecule has 0 bridgehead atoms. The van der Waals surface area contributed by atoms with E-state index in [1.165, 1.54) is 51.5 Å². The molecular weight excluding hydrogens is 182 g/mol. The summed E-state index contributed by atoms with van der Waals surface area (Å²) >= 11 is 0. The van der Waals surface area contributed by atoms with Crippen molar-refractivity contribution in [3.63, 3.8) is 0 Å². The highest BCUT2D eigenvalue weighted by Crippen LogP contribution is 2.33. The number of nitrogens with one attached hydrogen (secondary N) is 1. The third-order valence-corrected chi connectivity index (χ3v) is 4.18. The lowest BCUT2D eigenvalue weighted by molar-refractivity contribution is 0.266. The fourth-order valence-corrected chi connectivity index (χ4v) is 3.05. The summed E-state index contributed by atoms with van der Waals surface area (Å²) in [5, 5.41) is 3.74. The van der Waals surface area contributed by atoms with Crippen LogP contribution in [-0.4, -0.2) is 12.6 Å². The Morgan fingerprint density at radius 2 is 1.93 bits per heavy atom. The molecule has 1 N–H and O–H groups in total. The quantitative estimate of drug-likeness (QED) is 0.729. The molecule has 2 saturated carbocycles. The van der Waals surface area contributed by atoms with Crippen molar-refractivity contribution >= 4 is 0 Å². The van der Waals surface area contributed by atoms with Gasteiger partial charge in [-0.3, -0.25) is 0 Å². The summed E-state index contributed by atoms with van der Waals surface area (Å²) in [5.41, 5.74) is 0. The summed E-state index contributed by atoms with van der Waals surface area (Å²) in [6, 6.07) is 0.759. The minimum atomic E-state index is 0.759. The fourth-order valence-electron chi connectivity index (χ4n) is 3.05. The second-order valence-electron chi connectivity index (χ2n) is 6.13. The van der Waals surface area contributed by atoms with Crippen molar-refractivity contribution in [3.8, 4) is 0 Å². The Bertz CT molecular complexity index is 186. The number of rotatable bonds is 5. The van der Waals surface area contributed by atoms with Crippen LogP contribution in [0.15, 0.2) is 0 Å². The molecule has 3 atom stereocenters. The highest BCUT2D eigenvalue weighted by molar-refractivity contribution is 4.79. The van der Waals surface area contributed by atoms with Gasteiger partial charge in [-0.15, -0.1) is 0 Å². The van der Waals surface area contributed by atoms with Crippen LogP contribution in [0.1, 0.15) is 58.8 Å². The van der Waals surface area contributed by atoms with E-state index in [0.29, 0.717) is 0 Å². The predicted molar refractivity (Wildman–Crippen MR) is 65.9 cm³/mol. The van der Waals surface area contributed by atoms with Gasteiger partial charge in [0, 0.05) is 6.04 Å². The van der Waals surface area contributed by atoms with E-state index < -0.39 is 0 Å². The van der Waals surface area contributed by atoms with Crippen molar-refractivity contribution in [1.29, 1.82) is 0 Å². The first-order valence-electron chi connectivity index (χ1n) is 6.97. The lowest BCUT2D eigenvalue weighted by Gasteiger charge is -2.28. The van der Waals surface area contributed by atoms with Crippen molar-refractivity contribution in [2.45, 2.75) is 64.8 Å². The standard InChI is InChI=1S/C14H27N/c1-11-4-3-5-14(8-11)10-15-12(2)9-13-6-7-13/h11-15H,3-10H2,1-2H3. The Kier molecular flexibility index (Phi) is 4.07. The lowest BCUT2D eigenvalue weighted by Crippen LogP contribution is -2.33. The molecular formula is C14H27N. The second kappa shape index (κ2) is 5.34. The minimum absolute atomic E-state index is 0.759. The maximum Gasteiger partial charge on any atom is 0.00414 e. The van der Waals surface area contributed by atoms with Crippen LogP contribution >= 0.6 is 0 Å². The summed E-state index contributed by atoms with van der Waals surface area (Å²) in [4.78, 5) is 0. The summed E-state index contributed by atoms with van der Waals surface area (Å²) in [5.74, 6) is 3.01. The van der Waals surface area contributed by atoms with E-state index in [9.17, 15) is 0 Å². The molecule has 1 nitrogen and oxygen atoms in total. The molecule has 88 valence electrons. The van der Waals surface area contributed by atoms with Gasteiger partial charge in [0.25, 0.3) is 0 Å². The molecule has 0 aromatic carbocycles. The van der Waals surface area contributed by atoms with E-state index in [1.54, 1.807) is 0 Å². The van der Waals surface area contributed by atoms with E-state index in [0.717, 1.165) is 23.8 Å². The van der Waals surface area contributed by atoms with E-state index in [1.807, 2.05) is 0 Å². The Balaban J connectivity index is 1.58. The molecule has 2 rings (SSSR count). The van der Waals surface area contributed by atoms with Crippen molar-refractivity contribution in [1.82, 2.24) is 5.32 Å². The highest BCUT2D eigenvalue weighted by atomic mass is 14.9. The van der Waals surface area contributed by atoms with Crippen LogP contribution in [-0.2, 0) is 0 Å². The van der Waals surface area contributed by atoms with Crippen LogP contribution < -0.4 is 5.32 Å². The third kappa shape index (κ3) is 4.14. The molecule has 3 unspecified atom stereocenters. The van der Waals surface area contributed by atoms with Gasteiger partial charge in [0.05, 0.1) is 0 Å². The molecule has 0 radical (unpaired) electrons. The molecule has 0 heterocycles. The van der Waals surface area contributed by atoms with Gasteiger partial charge in [0.15, 0.2) is 0 Å². The van der Waals surface area contributed by atoms with Gasteiger partial charge in [-0.25, -0.2) is 0 Å². The average Bonchev–Trinajstić information content (AvgIpc) is 2.99. The first-order chi connectivity index (χ1) is 7.24. The topological polar surface area (TPSA) is 12.0 Å². The van der Waals surface area contributed by atoms with Gasteiger partial charge < -0.3 is 5.32 Å². The first kappa shape index (κ1) is 11.4. The normalized spacial score (nSPS) is 34.0. The molecule has 0 aromatic heterocycles. The van der Waals surface area contributed by atoms with Gasteiger partial charge in [-0.1, -0.05) is 32.6 Å². The largest absolute Gasteiger partial charge is 0.314 e. The van der Waals surface area contributed by atoms with Crippen molar-refractivity contribution in [2.24, 2.45) is 17.8 Å². The van der Waals surface area contributed by atoms with Crippen molar-refractivity contribution in [2.75, 3.05) is 6.54 Å². The van der Waals surface area contributed by atoms with Crippen LogP contribution in [0.3, 0.4) is 0 Å². The molecule has 2 fully saturated rings. The van der Waals surface area contributed by atoms with Gasteiger partial charge in [0.1, 0.15) is 0 Å². The van der Waals surface area contributed by atoms with E-state index in [2.05, 4.69) is 19.2 Å². The Morgan fingerprint density at radius 3 is 2.60 bits per heavy atom. The van der Waals surface area contributed by atoms with E-state index >= 15 is 0 Å². The zero-order valence-corrected chi connectivity index (χ0v) is 10.5. The molecule has 0 saturated heterocycles. The van der Waals surface area contributed by atoms with Crippen molar-refractivity contribution < 1.29 is 0 Å². The Hall–Kier alpha value is -0.0400. The highest BCUT2D eigenvalue weighted by Gasteiger charge is 2.24. The van der Waals surface area contributed by atoms with E-state index in [-0.39, 0.29) is 0 Å². The van der Waals surface area contributed by atoms with Gasteiger partial charge in [-0.2, -0.15) is 0 Å². The molecule has 2 aliphatic carbocycles.